The number of hydrogen-bond donors (Lipinski definition) is 1. The Morgan fingerprint density at radius 3 is 2.54 bits per heavy atom. The third kappa shape index (κ3) is 3.28. The fraction of sp³-hybridized carbons (Fsp3) is 1.00. The first kappa shape index (κ1) is 11.0. The molecular formula is C11H24N2. The molecule has 2 nitrogen and oxygen atoms in total. The maximum Gasteiger partial charge on any atom is 0.0216 e. The smallest absolute Gasteiger partial charge is 0.0216 e. The van der Waals surface area contributed by atoms with Crippen LogP contribution in [0, 0.1) is 5.92 Å². The minimum absolute atomic E-state index is 0.299. The predicted octanol–water partition coefficient (Wildman–Crippen LogP) is 1.84. The Labute approximate surface area is 82.5 Å². The van der Waals surface area contributed by atoms with E-state index in [1.165, 1.54) is 32.4 Å². The average Bonchev–Trinajstić information content (AvgIpc) is 2.28. The number of rotatable bonds is 2. The summed E-state index contributed by atoms with van der Waals surface area (Å²) >= 11 is 0. The maximum absolute atomic E-state index is 5.91. The van der Waals surface area contributed by atoms with Crippen molar-refractivity contribution in [1.29, 1.82) is 0 Å². The van der Waals surface area contributed by atoms with Crippen molar-refractivity contribution in [3.05, 3.63) is 0 Å². The van der Waals surface area contributed by atoms with Gasteiger partial charge in [0.15, 0.2) is 0 Å². The van der Waals surface area contributed by atoms with E-state index < -0.39 is 0 Å². The first-order valence-electron chi connectivity index (χ1n) is 5.61. The fourth-order valence-electron chi connectivity index (χ4n) is 2.02. The van der Waals surface area contributed by atoms with Crippen LogP contribution >= 0.6 is 0 Å². The second-order valence-electron chi connectivity index (χ2n) is 4.67. The van der Waals surface area contributed by atoms with Crippen molar-refractivity contribution in [2.75, 3.05) is 13.1 Å². The lowest BCUT2D eigenvalue weighted by Gasteiger charge is -2.30. The Kier molecular flexibility index (Phi) is 4.20. The predicted molar refractivity (Wildman–Crippen MR) is 57.7 cm³/mol. The summed E-state index contributed by atoms with van der Waals surface area (Å²) in [6.45, 7) is 9.20. The van der Waals surface area contributed by atoms with E-state index >= 15 is 0 Å². The first-order valence-corrected chi connectivity index (χ1v) is 5.61. The van der Waals surface area contributed by atoms with Gasteiger partial charge in [0.2, 0.25) is 0 Å². The molecule has 1 fully saturated rings. The molecule has 78 valence electrons. The fourth-order valence-corrected chi connectivity index (χ4v) is 2.02. The van der Waals surface area contributed by atoms with Crippen molar-refractivity contribution in [3.63, 3.8) is 0 Å². The summed E-state index contributed by atoms with van der Waals surface area (Å²) in [6.07, 6.45) is 4.08. The van der Waals surface area contributed by atoms with Gasteiger partial charge in [-0.05, 0) is 52.1 Å². The van der Waals surface area contributed by atoms with Crippen LogP contribution in [-0.2, 0) is 0 Å². The third-order valence-electron chi connectivity index (χ3n) is 3.39. The Bertz CT molecular complexity index is 145. The van der Waals surface area contributed by atoms with Crippen LogP contribution in [0.5, 0.6) is 0 Å². The van der Waals surface area contributed by atoms with E-state index in [-0.39, 0.29) is 0 Å². The van der Waals surface area contributed by atoms with E-state index in [0.29, 0.717) is 12.1 Å². The Morgan fingerprint density at radius 2 is 1.92 bits per heavy atom. The minimum Gasteiger partial charge on any atom is -0.327 e. The quantitative estimate of drug-likeness (QED) is 0.709. The lowest BCUT2D eigenvalue weighted by atomic mass is 10.0. The van der Waals surface area contributed by atoms with Crippen LogP contribution in [0.3, 0.4) is 0 Å². The summed E-state index contributed by atoms with van der Waals surface area (Å²) in [5.41, 5.74) is 5.91. The lowest BCUT2D eigenvalue weighted by molar-refractivity contribution is 0.194. The topological polar surface area (TPSA) is 29.3 Å². The number of hydrogen-bond acceptors (Lipinski definition) is 2. The highest BCUT2D eigenvalue weighted by Crippen LogP contribution is 2.18. The Morgan fingerprint density at radius 1 is 1.23 bits per heavy atom. The van der Waals surface area contributed by atoms with Gasteiger partial charge in [0, 0.05) is 12.1 Å². The molecule has 0 aromatic heterocycles. The van der Waals surface area contributed by atoms with Crippen LogP contribution in [0.25, 0.3) is 0 Å². The van der Waals surface area contributed by atoms with E-state index in [2.05, 4.69) is 25.7 Å². The van der Waals surface area contributed by atoms with Crippen molar-refractivity contribution < 1.29 is 0 Å². The minimum atomic E-state index is 0.299. The summed E-state index contributed by atoms with van der Waals surface area (Å²) in [6, 6.07) is 0.846. The van der Waals surface area contributed by atoms with Crippen molar-refractivity contribution in [2.45, 2.75) is 52.1 Å². The van der Waals surface area contributed by atoms with E-state index in [4.69, 9.17) is 5.73 Å². The summed E-state index contributed by atoms with van der Waals surface area (Å²) in [4.78, 5) is 2.55. The molecule has 2 N–H and O–H groups in total. The number of nitrogens with two attached hydrogens (primary N) is 1. The Hall–Kier alpha value is -0.0800. The second-order valence-corrected chi connectivity index (χ2v) is 4.67. The van der Waals surface area contributed by atoms with Gasteiger partial charge in [-0.25, -0.2) is 0 Å². The maximum atomic E-state index is 5.91. The van der Waals surface area contributed by atoms with Crippen LogP contribution in [0.1, 0.15) is 40.0 Å². The molecule has 0 amide bonds. The van der Waals surface area contributed by atoms with E-state index in [1.54, 1.807) is 0 Å². The molecular weight excluding hydrogens is 160 g/mol. The van der Waals surface area contributed by atoms with Gasteiger partial charge >= 0.3 is 0 Å². The highest BCUT2D eigenvalue weighted by molar-refractivity contribution is 4.77. The van der Waals surface area contributed by atoms with Gasteiger partial charge in [-0.3, -0.25) is 4.90 Å². The molecule has 1 heterocycles. The molecule has 2 heteroatoms. The van der Waals surface area contributed by atoms with E-state index in [9.17, 15) is 0 Å². The summed E-state index contributed by atoms with van der Waals surface area (Å²) in [7, 11) is 0. The molecule has 1 rings (SSSR count). The SMILES string of the molecule is CC1CCCN(C(C)C(C)N)CC1. The van der Waals surface area contributed by atoms with E-state index in [0.717, 1.165) is 5.92 Å². The molecule has 0 saturated carbocycles. The van der Waals surface area contributed by atoms with Crippen LogP contribution in [0.2, 0.25) is 0 Å². The molecule has 1 saturated heterocycles. The van der Waals surface area contributed by atoms with Gasteiger partial charge in [-0.2, -0.15) is 0 Å². The zero-order valence-electron chi connectivity index (χ0n) is 9.29. The zero-order chi connectivity index (χ0) is 9.84. The van der Waals surface area contributed by atoms with Gasteiger partial charge in [-0.1, -0.05) is 6.92 Å². The van der Waals surface area contributed by atoms with Crippen LogP contribution in [0.4, 0.5) is 0 Å². The molecule has 0 aromatic carbocycles. The summed E-state index contributed by atoms with van der Waals surface area (Å²) in [5, 5.41) is 0. The molecule has 3 unspecified atom stereocenters. The monoisotopic (exact) mass is 184 g/mol. The molecule has 0 aromatic rings. The van der Waals surface area contributed by atoms with Crippen molar-refractivity contribution in [3.8, 4) is 0 Å². The highest BCUT2D eigenvalue weighted by Gasteiger charge is 2.20. The molecule has 0 aliphatic carbocycles. The average molecular weight is 184 g/mol. The largest absolute Gasteiger partial charge is 0.327 e. The molecule has 0 spiro atoms. The molecule has 3 atom stereocenters. The number of likely N-dealkylation sites (tertiary alicyclic amines) is 1. The van der Waals surface area contributed by atoms with Gasteiger partial charge in [0.25, 0.3) is 0 Å². The van der Waals surface area contributed by atoms with Crippen LogP contribution in [-0.4, -0.2) is 30.1 Å². The van der Waals surface area contributed by atoms with Gasteiger partial charge in [-0.15, -0.1) is 0 Å². The van der Waals surface area contributed by atoms with Crippen molar-refractivity contribution in [2.24, 2.45) is 11.7 Å². The summed E-state index contributed by atoms with van der Waals surface area (Å²) < 4.78 is 0. The van der Waals surface area contributed by atoms with Gasteiger partial charge < -0.3 is 5.73 Å². The first-order chi connectivity index (χ1) is 6.11. The zero-order valence-corrected chi connectivity index (χ0v) is 9.29. The second kappa shape index (κ2) is 4.97. The van der Waals surface area contributed by atoms with Crippen molar-refractivity contribution in [1.82, 2.24) is 4.90 Å². The van der Waals surface area contributed by atoms with E-state index in [1.807, 2.05) is 0 Å². The highest BCUT2D eigenvalue weighted by atomic mass is 15.2. The third-order valence-corrected chi connectivity index (χ3v) is 3.39. The van der Waals surface area contributed by atoms with Gasteiger partial charge in [0.05, 0.1) is 0 Å². The van der Waals surface area contributed by atoms with Crippen LogP contribution in [0.15, 0.2) is 0 Å². The summed E-state index contributed by atoms with van der Waals surface area (Å²) in [5.74, 6) is 0.908. The molecule has 1 aliphatic heterocycles. The van der Waals surface area contributed by atoms with Gasteiger partial charge in [0.1, 0.15) is 0 Å². The lowest BCUT2D eigenvalue weighted by Crippen LogP contribution is -2.44. The van der Waals surface area contributed by atoms with Crippen molar-refractivity contribution >= 4 is 0 Å². The Balaban J connectivity index is 2.41. The number of nitrogens with zero attached hydrogens (tertiary/aromatic N) is 1. The molecule has 1 aliphatic rings. The van der Waals surface area contributed by atoms with Crippen LogP contribution < -0.4 is 5.73 Å². The molecule has 13 heavy (non-hydrogen) atoms. The normalized spacial score (nSPS) is 30.9. The molecule has 0 radical (unpaired) electrons. The molecule has 0 bridgehead atoms. The standard InChI is InChI=1S/C11H24N2/c1-9-5-4-7-13(8-6-9)11(3)10(2)12/h9-11H,4-8,12H2,1-3H3.